The molecule has 2 aliphatic rings. The van der Waals surface area contributed by atoms with Crippen LogP contribution in [0.25, 0.3) is 0 Å². The Kier molecular flexibility index (Phi) is 2.46. The third-order valence-corrected chi connectivity index (χ3v) is 3.11. The first-order chi connectivity index (χ1) is 6.71. The number of nitrogens with two attached hydrogens (primary N) is 2. The molecule has 1 heterocycles. The molecule has 14 heavy (non-hydrogen) atoms. The molecule has 0 aromatic heterocycles. The quantitative estimate of drug-likeness (QED) is 0.573. The number of rotatable bonds is 1. The molecule has 0 aromatic rings. The Bertz CT molecular complexity index is 265. The third-order valence-electron chi connectivity index (χ3n) is 3.11. The fourth-order valence-electron chi connectivity index (χ4n) is 2.30. The summed E-state index contributed by atoms with van der Waals surface area (Å²) in [5.74, 6) is 0.288. The minimum Gasteiger partial charge on any atom is -0.384 e. The van der Waals surface area contributed by atoms with Crippen LogP contribution in [0.1, 0.15) is 32.1 Å². The Balaban J connectivity index is 2.11. The van der Waals surface area contributed by atoms with Crippen molar-refractivity contribution in [2.24, 2.45) is 22.4 Å². The molecule has 4 heteroatoms. The van der Waals surface area contributed by atoms with Gasteiger partial charge in [0.1, 0.15) is 5.84 Å². The van der Waals surface area contributed by atoms with Crippen molar-refractivity contribution in [2.45, 2.75) is 37.9 Å². The van der Waals surface area contributed by atoms with Gasteiger partial charge in [-0.2, -0.15) is 0 Å². The molecule has 0 spiro atoms. The smallest absolute Gasteiger partial charge is 0.186 e. The van der Waals surface area contributed by atoms with E-state index in [0.717, 1.165) is 12.8 Å². The highest BCUT2D eigenvalue weighted by Gasteiger charge is 2.35. The van der Waals surface area contributed by atoms with E-state index in [4.69, 9.17) is 11.5 Å². The maximum absolute atomic E-state index is 6.19. The first-order valence-electron chi connectivity index (χ1n) is 5.29. The van der Waals surface area contributed by atoms with Crippen molar-refractivity contribution in [1.29, 1.82) is 0 Å². The number of hydrogen-bond acceptors (Lipinski definition) is 4. The summed E-state index contributed by atoms with van der Waals surface area (Å²) in [6.45, 7) is 0. The molecule has 0 aromatic carbocycles. The van der Waals surface area contributed by atoms with E-state index >= 15 is 0 Å². The molecule has 1 atom stereocenters. The lowest BCUT2D eigenvalue weighted by molar-refractivity contribution is 0.189. The summed E-state index contributed by atoms with van der Waals surface area (Å²) in [7, 11) is 0. The largest absolute Gasteiger partial charge is 0.384 e. The molecule has 0 bridgehead atoms. The van der Waals surface area contributed by atoms with Gasteiger partial charge in [-0.05, 0) is 18.9 Å². The van der Waals surface area contributed by atoms with Gasteiger partial charge in [0.25, 0.3) is 0 Å². The van der Waals surface area contributed by atoms with Gasteiger partial charge in [0.15, 0.2) is 5.79 Å². The van der Waals surface area contributed by atoms with Crippen molar-refractivity contribution in [3.05, 3.63) is 12.3 Å². The summed E-state index contributed by atoms with van der Waals surface area (Å²) < 4.78 is 0. The van der Waals surface area contributed by atoms with Crippen molar-refractivity contribution in [3.8, 4) is 0 Å². The standard InChI is InChI=1S/C10H18N4/c11-9-6-7-13-10(12,14-9)8-4-2-1-3-5-8/h6-8,13H,1-5,12H2,(H2,11,14). The zero-order valence-electron chi connectivity index (χ0n) is 8.37. The molecule has 0 radical (unpaired) electrons. The lowest BCUT2D eigenvalue weighted by Gasteiger charge is -2.38. The maximum atomic E-state index is 6.19. The van der Waals surface area contributed by atoms with Gasteiger partial charge < -0.3 is 11.1 Å². The molecule has 0 amide bonds. The van der Waals surface area contributed by atoms with E-state index in [1.807, 2.05) is 0 Å². The molecule has 0 saturated heterocycles. The van der Waals surface area contributed by atoms with E-state index in [1.165, 1.54) is 19.3 Å². The SMILES string of the molecule is NC1=NC(N)(C2CCCCC2)NC=C1. The number of nitrogens with one attached hydrogen (secondary N) is 1. The van der Waals surface area contributed by atoms with Crippen molar-refractivity contribution >= 4 is 5.84 Å². The van der Waals surface area contributed by atoms with Crippen LogP contribution in [0.15, 0.2) is 17.3 Å². The van der Waals surface area contributed by atoms with Crippen LogP contribution < -0.4 is 16.8 Å². The average Bonchev–Trinajstić information content (AvgIpc) is 2.19. The van der Waals surface area contributed by atoms with Crippen LogP contribution in [0.3, 0.4) is 0 Å². The van der Waals surface area contributed by atoms with Crippen LogP contribution in [0, 0.1) is 5.92 Å². The summed E-state index contributed by atoms with van der Waals surface area (Å²) in [6.07, 6.45) is 9.67. The van der Waals surface area contributed by atoms with Crippen LogP contribution >= 0.6 is 0 Å². The number of amidine groups is 1. The number of hydrogen-bond donors (Lipinski definition) is 3. The molecular formula is C10H18N4. The second-order valence-electron chi connectivity index (χ2n) is 4.17. The molecule has 4 nitrogen and oxygen atoms in total. The van der Waals surface area contributed by atoms with Crippen LogP contribution in [-0.4, -0.2) is 11.6 Å². The molecule has 78 valence electrons. The highest BCUT2D eigenvalue weighted by atomic mass is 15.3. The highest BCUT2D eigenvalue weighted by Crippen LogP contribution is 2.31. The van der Waals surface area contributed by atoms with E-state index in [9.17, 15) is 0 Å². The summed E-state index contributed by atoms with van der Waals surface area (Å²) in [6, 6.07) is 0. The first-order valence-corrected chi connectivity index (χ1v) is 5.29. The normalized spacial score (nSPS) is 33.6. The fourth-order valence-corrected chi connectivity index (χ4v) is 2.30. The lowest BCUT2D eigenvalue weighted by Crippen LogP contribution is -2.58. The van der Waals surface area contributed by atoms with Gasteiger partial charge in [-0.15, -0.1) is 0 Å². The summed E-state index contributed by atoms with van der Waals surface area (Å²) in [5, 5.41) is 3.13. The van der Waals surface area contributed by atoms with Gasteiger partial charge in [0.2, 0.25) is 0 Å². The molecule has 1 aliphatic heterocycles. The van der Waals surface area contributed by atoms with Crippen molar-refractivity contribution in [1.82, 2.24) is 5.32 Å². The fraction of sp³-hybridized carbons (Fsp3) is 0.700. The van der Waals surface area contributed by atoms with Gasteiger partial charge in [-0.25, -0.2) is 4.99 Å². The van der Waals surface area contributed by atoms with Gasteiger partial charge in [-0.3, -0.25) is 5.73 Å². The minimum absolute atomic E-state index is 0.416. The topological polar surface area (TPSA) is 76.4 Å². The van der Waals surface area contributed by atoms with E-state index < -0.39 is 5.79 Å². The Morgan fingerprint density at radius 2 is 2.07 bits per heavy atom. The Labute approximate surface area is 84.4 Å². The van der Waals surface area contributed by atoms with Gasteiger partial charge in [-0.1, -0.05) is 19.3 Å². The van der Waals surface area contributed by atoms with Crippen molar-refractivity contribution < 1.29 is 0 Å². The monoisotopic (exact) mass is 194 g/mol. The molecule has 1 aliphatic carbocycles. The zero-order chi connectivity index (χ0) is 10.0. The molecular weight excluding hydrogens is 176 g/mol. The Morgan fingerprint density at radius 1 is 1.36 bits per heavy atom. The second kappa shape index (κ2) is 3.61. The van der Waals surface area contributed by atoms with Crippen LogP contribution in [0.5, 0.6) is 0 Å². The Hall–Kier alpha value is -1.03. The van der Waals surface area contributed by atoms with Gasteiger partial charge >= 0.3 is 0 Å². The number of nitrogens with zero attached hydrogens (tertiary/aromatic N) is 1. The molecule has 1 fully saturated rings. The van der Waals surface area contributed by atoms with Crippen LogP contribution in [0.4, 0.5) is 0 Å². The first kappa shape index (κ1) is 9.52. The van der Waals surface area contributed by atoms with E-state index in [2.05, 4.69) is 10.3 Å². The minimum atomic E-state index is -0.654. The average molecular weight is 194 g/mol. The van der Waals surface area contributed by atoms with Gasteiger partial charge in [0, 0.05) is 12.1 Å². The van der Waals surface area contributed by atoms with Crippen molar-refractivity contribution in [3.63, 3.8) is 0 Å². The summed E-state index contributed by atoms with van der Waals surface area (Å²) in [4.78, 5) is 4.31. The molecule has 1 unspecified atom stereocenters. The summed E-state index contributed by atoms with van der Waals surface area (Å²) in [5.41, 5.74) is 11.9. The molecule has 2 rings (SSSR count). The molecule has 1 saturated carbocycles. The number of aliphatic imine (C=N–C) groups is 1. The third kappa shape index (κ3) is 1.75. The van der Waals surface area contributed by atoms with E-state index in [-0.39, 0.29) is 0 Å². The van der Waals surface area contributed by atoms with E-state index in [1.54, 1.807) is 12.3 Å². The predicted molar refractivity (Wildman–Crippen MR) is 57.4 cm³/mol. The Morgan fingerprint density at radius 3 is 2.71 bits per heavy atom. The van der Waals surface area contributed by atoms with Crippen LogP contribution in [-0.2, 0) is 0 Å². The maximum Gasteiger partial charge on any atom is 0.186 e. The summed E-state index contributed by atoms with van der Waals surface area (Å²) >= 11 is 0. The van der Waals surface area contributed by atoms with Gasteiger partial charge in [0.05, 0.1) is 0 Å². The highest BCUT2D eigenvalue weighted by molar-refractivity contribution is 5.92. The van der Waals surface area contributed by atoms with E-state index in [0.29, 0.717) is 11.8 Å². The second-order valence-corrected chi connectivity index (χ2v) is 4.17. The lowest BCUT2D eigenvalue weighted by atomic mass is 9.84. The molecule has 5 N–H and O–H groups in total. The zero-order valence-corrected chi connectivity index (χ0v) is 8.37. The van der Waals surface area contributed by atoms with Crippen molar-refractivity contribution in [2.75, 3.05) is 0 Å². The van der Waals surface area contributed by atoms with Crippen LogP contribution in [0.2, 0.25) is 0 Å². The predicted octanol–water partition coefficient (Wildman–Crippen LogP) is 0.653.